The molecule has 0 radical (unpaired) electrons. The van der Waals surface area contributed by atoms with Crippen molar-refractivity contribution < 1.29 is 0 Å². The Kier molecular flexibility index (Phi) is 8.44. The van der Waals surface area contributed by atoms with E-state index < -0.39 is 0 Å². The predicted molar refractivity (Wildman–Crippen MR) is 229 cm³/mol. The summed E-state index contributed by atoms with van der Waals surface area (Å²) in [4.78, 5) is 20.7. The first-order chi connectivity index (χ1) is 28.2. The van der Waals surface area contributed by atoms with Crippen LogP contribution in [0, 0.1) is 11.3 Å². The zero-order valence-corrected chi connectivity index (χ0v) is 30.7. The average molecular weight is 729 g/mol. The molecule has 0 atom stereocenters. The highest BCUT2D eigenvalue weighted by molar-refractivity contribution is 6.10. The molecule has 0 spiro atoms. The Morgan fingerprint density at radius 2 is 0.842 bits per heavy atom. The Morgan fingerprint density at radius 3 is 1.42 bits per heavy atom. The SMILES string of the molecule is N#Cc1ccc2c(c1)c1ccccc1n2-c1ccc(-c2cc(-c3ccccc3)nc(-c3ccccc3)n2)cc1-c1cc(-c2ccccc2)nc(-c2ccccc2)n1. The van der Waals surface area contributed by atoms with Crippen LogP contribution in [0.1, 0.15) is 5.56 Å². The van der Waals surface area contributed by atoms with Gasteiger partial charge in [-0.25, -0.2) is 19.9 Å². The summed E-state index contributed by atoms with van der Waals surface area (Å²) in [5.41, 5.74) is 12.4. The Balaban J connectivity index is 1.27. The van der Waals surface area contributed by atoms with E-state index >= 15 is 0 Å². The Bertz CT molecular complexity index is 3000. The van der Waals surface area contributed by atoms with Crippen LogP contribution in [-0.2, 0) is 0 Å². The molecule has 3 aromatic heterocycles. The fourth-order valence-electron chi connectivity index (χ4n) is 7.52. The number of para-hydroxylation sites is 1. The van der Waals surface area contributed by atoms with Gasteiger partial charge in [0.25, 0.3) is 0 Å². The van der Waals surface area contributed by atoms with Crippen LogP contribution in [-0.4, -0.2) is 24.5 Å². The van der Waals surface area contributed by atoms with Gasteiger partial charge >= 0.3 is 0 Å². The van der Waals surface area contributed by atoms with Crippen molar-refractivity contribution in [1.82, 2.24) is 24.5 Å². The molecule has 10 aromatic rings. The quantitative estimate of drug-likeness (QED) is 0.163. The Morgan fingerprint density at radius 1 is 0.368 bits per heavy atom. The summed E-state index contributed by atoms with van der Waals surface area (Å²) < 4.78 is 2.28. The van der Waals surface area contributed by atoms with Crippen LogP contribution in [0.2, 0.25) is 0 Å². The molecule has 57 heavy (non-hydrogen) atoms. The number of benzene rings is 7. The van der Waals surface area contributed by atoms with Gasteiger partial charge in [0, 0.05) is 44.2 Å². The largest absolute Gasteiger partial charge is 0.309 e. The van der Waals surface area contributed by atoms with Crippen molar-refractivity contribution >= 4 is 21.8 Å². The van der Waals surface area contributed by atoms with Crippen LogP contribution < -0.4 is 0 Å². The maximum absolute atomic E-state index is 9.87. The molecule has 0 aliphatic carbocycles. The van der Waals surface area contributed by atoms with E-state index in [1.165, 1.54) is 0 Å². The van der Waals surface area contributed by atoms with Gasteiger partial charge in [-0.15, -0.1) is 0 Å². The lowest BCUT2D eigenvalue weighted by atomic mass is 9.99. The second-order valence-electron chi connectivity index (χ2n) is 13.8. The first-order valence-corrected chi connectivity index (χ1v) is 18.8. The van der Waals surface area contributed by atoms with Crippen LogP contribution in [0.4, 0.5) is 0 Å². The van der Waals surface area contributed by atoms with Crippen molar-refractivity contribution in [3.63, 3.8) is 0 Å². The zero-order chi connectivity index (χ0) is 38.1. The van der Waals surface area contributed by atoms with E-state index in [2.05, 4.69) is 83.4 Å². The average Bonchev–Trinajstić information content (AvgIpc) is 3.63. The van der Waals surface area contributed by atoms with Crippen LogP contribution in [0.3, 0.4) is 0 Å². The number of nitriles is 1. The monoisotopic (exact) mass is 728 g/mol. The third-order valence-corrected chi connectivity index (χ3v) is 10.3. The third-order valence-electron chi connectivity index (χ3n) is 10.3. The van der Waals surface area contributed by atoms with Crippen molar-refractivity contribution in [2.24, 2.45) is 0 Å². The van der Waals surface area contributed by atoms with Crippen molar-refractivity contribution in [1.29, 1.82) is 5.26 Å². The van der Waals surface area contributed by atoms with Gasteiger partial charge in [0.2, 0.25) is 0 Å². The number of nitrogens with zero attached hydrogens (tertiary/aromatic N) is 6. The summed E-state index contributed by atoms with van der Waals surface area (Å²) in [6.07, 6.45) is 0. The van der Waals surface area contributed by atoms with Gasteiger partial charge in [-0.3, -0.25) is 0 Å². The fourth-order valence-corrected chi connectivity index (χ4v) is 7.52. The Hall–Kier alpha value is -8.01. The lowest BCUT2D eigenvalue weighted by Gasteiger charge is -2.17. The minimum absolute atomic E-state index is 0.615. The molecule has 0 bridgehead atoms. The van der Waals surface area contributed by atoms with Crippen LogP contribution in [0.25, 0.3) is 95.3 Å². The smallest absolute Gasteiger partial charge is 0.160 e. The number of hydrogen-bond acceptors (Lipinski definition) is 5. The van der Waals surface area contributed by atoms with Gasteiger partial charge < -0.3 is 4.57 Å². The van der Waals surface area contributed by atoms with Crippen molar-refractivity contribution in [2.45, 2.75) is 0 Å². The molecule has 10 rings (SSSR count). The van der Waals surface area contributed by atoms with Crippen LogP contribution >= 0.6 is 0 Å². The van der Waals surface area contributed by atoms with Crippen molar-refractivity contribution in [3.05, 3.63) is 200 Å². The fraction of sp³-hybridized carbons (Fsp3) is 0. The third kappa shape index (κ3) is 6.29. The van der Waals surface area contributed by atoms with Gasteiger partial charge in [-0.1, -0.05) is 146 Å². The molecule has 0 saturated heterocycles. The second kappa shape index (κ2) is 14.3. The molecule has 0 fully saturated rings. The molecule has 0 amide bonds. The molecule has 266 valence electrons. The van der Waals surface area contributed by atoms with E-state index in [4.69, 9.17) is 19.9 Å². The maximum Gasteiger partial charge on any atom is 0.160 e. The van der Waals surface area contributed by atoms with E-state index in [0.29, 0.717) is 17.2 Å². The summed E-state index contributed by atoms with van der Waals surface area (Å²) in [6.45, 7) is 0. The summed E-state index contributed by atoms with van der Waals surface area (Å²) in [5.74, 6) is 1.27. The Labute approximate surface area is 329 Å². The predicted octanol–water partition coefficient (Wildman–Crippen LogP) is 12.2. The minimum atomic E-state index is 0.615. The van der Waals surface area contributed by atoms with E-state index in [0.717, 1.165) is 83.6 Å². The highest BCUT2D eigenvalue weighted by Gasteiger charge is 2.21. The standard InChI is InChI=1S/C51H32N6/c52-33-34-25-27-48-41(29-34)40-23-13-14-24-47(40)57(48)49-28-26-39(45-31-43(35-15-5-1-6-16-35)53-50(55-45)37-19-9-3-10-20-37)30-42(49)46-32-44(36-17-7-2-8-18-36)54-51(56-46)38-21-11-4-12-22-38/h1-32H. The van der Waals surface area contributed by atoms with Crippen LogP contribution in [0.15, 0.2) is 194 Å². The molecule has 0 saturated carbocycles. The van der Waals surface area contributed by atoms with Gasteiger partial charge in [-0.2, -0.15) is 5.26 Å². The number of rotatable bonds is 7. The molecule has 0 N–H and O–H groups in total. The lowest BCUT2D eigenvalue weighted by Crippen LogP contribution is -2.02. The highest BCUT2D eigenvalue weighted by Crippen LogP contribution is 2.40. The van der Waals surface area contributed by atoms with Crippen molar-refractivity contribution in [3.8, 4) is 79.6 Å². The van der Waals surface area contributed by atoms with Crippen molar-refractivity contribution in [2.75, 3.05) is 0 Å². The summed E-state index contributed by atoms with van der Waals surface area (Å²) in [5, 5.41) is 11.9. The maximum atomic E-state index is 9.87. The molecule has 0 aliphatic heterocycles. The van der Waals surface area contributed by atoms with E-state index in [-0.39, 0.29) is 0 Å². The highest BCUT2D eigenvalue weighted by atomic mass is 15.0. The van der Waals surface area contributed by atoms with E-state index in [9.17, 15) is 5.26 Å². The molecular weight excluding hydrogens is 697 g/mol. The van der Waals surface area contributed by atoms with Crippen LogP contribution in [0.5, 0.6) is 0 Å². The van der Waals surface area contributed by atoms with E-state index in [1.54, 1.807) is 0 Å². The number of fused-ring (bicyclic) bond motifs is 3. The first kappa shape index (κ1) is 33.6. The normalized spacial score (nSPS) is 11.1. The summed E-state index contributed by atoms with van der Waals surface area (Å²) in [6, 6.07) is 67.9. The summed E-state index contributed by atoms with van der Waals surface area (Å²) in [7, 11) is 0. The minimum Gasteiger partial charge on any atom is -0.309 e. The van der Waals surface area contributed by atoms with Gasteiger partial charge in [0.1, 0.15) is 0 Å². The molecule has 6 heteroatoms. The van der Waals surface area contributed by atoms with Gasteiger partial charge in [-0.05, 0) is 48.5 Å². The van der Waals surface area contributed by atoms with Gasteiger partial charge in [0.05, 0.1) is 51.1 Å². The second-order valence-corrected chi connectivity index (χ2v) is 13.8. The lowest BCUT2D eigenvalue weighted by molar-refractivity contribution is 1.15. The zero-order valence-electron chi connectivity index (χ0n) is 30.7. The van der Waals surface area contributed by atoms with E-state index in [1.807, 2.05) is 121 Å². The number of aromatic nitrogens is 5. The molecule has 7 aromatic carbocycles. The number of hydrogen-bond donors (Lipinski definition) is 0. The topological polar surface area (TPSA) is 80.3 Å². The molecule has 3 heterocycles. The van der Waals surface area contributed by atoms with Gasteiger partial charge in [0.15, 0.2) is 11.6 Å². The molecule has 6 nitrogen and oxygen atoms in total. The molecular formula is C51H32N6. The first-order valence-electron chi connectivity index (χ1n) is 18.8. The molecule has 0 aliphatic rings. The molecule has 0 unspecified atom stereocenters. The summed E-state index contributed by atoms with van der Waals surface area (Å²) >= 11 is 0.